The van der Waals surface area contributed by atoms with Gasteiger partial charge in [0.2, 0.25) is 5.91 Å². The quantitative estimate of drug-likeness (QED) is 0.603. The maximum absolute atomic E-state index is 13.3. The molecular weight excluding hydrogens is 458 g/mol. The fourth-order valence-electron chi connectivity index (χ4n) is 4.67. The average molecular weight is 488 g/mol. The van der Waals surface area contributed by atoms with E-state index in [1.54, 1.807) is 29.2 Å². The van der Waals surface area contributed by atoms with Gasteiger partial charge >= 0.3 is 0 Å². The van der Waals surface area contributed by atoms with E-state index in [0.29, 0.717) is 33.6 Å². The molecular formula is C25H30ClN3O3S. The predicted molar refractivity (Wildman–Crippen MR) is 132 cm³/mol. The Bertz CT molecular complexity index is 1030. The van der Waals surface area contributed by atoms with E-state index in [9.17, 15) is 14.4 Å². The molecule has 0 bridgehead atoms. The number of halogens is 1. The number of aryl methyl sites for hydroxylation is 1. The summed E-state index contributed by atoms with van der Waals surface area (Å²) in [7, 11) is 0. The summed E-state index contributed by atoms with van der Waals surface area (Å²) in [5.41, 5.74) is 1.20. The van der Waals surface area contributed by atoms with Crippen LogP contribution in [0.2, 0.25) is 5.02 Å². The molecule has 0 spiro atoms. The number of hydrogen-bond acceptors (Lipinski definition) is 4. The van der Waals surface area contributed by atoms with Gasteiger partial charge in [0.05, 0.1) is 26.4 Å². The summed E-state index contributed by atoms with van der Waals surface area (Å²) in [6.45, 7) is 2.95. The minimum atomic E-state index is -0.307. The summed E-state index contributed by atoms with van der Waals surface area (Å²) in [6.07, 6.45) is 7.33. The Morgan fingerprint density at radius 1 is 1.06 bits per heavy atom. The lowest BCUT2D eigenvalue weighted by Crippen LogP contribution is -2.47. The van der Waals surface area contributed by atoms with Gasteiger partial charge in [0.1, 0.15) is 0 Å². The first kappa shape index (κ1) is 23.8. The van der Waals surface area contributed by atoms with Crippen LogP contribution in [-0.2, 0) is 4.79 Å². The van der Waals surface area contributed by atoms with Crippen LogP contribution >= 0.6 is 22.9 Å². The average Bonchev–Trinajstić information content (AvgIpc) is 3.19. The highest BCUT2D eigenvalue weighted by molar-refractivity contribution is 7.18. The number of benzene rings is 1. The van der Waals surface area contributed by atoms with Crippen molar-refractivity contribution in [3.63, 3.8) is 0 Å². The summed E-state index contributed by atoms with van der Waals surface area (Å²) in [5, 5.41) is 7.04. The predicted octanol–water partition coefficient (Wildman–Crippen LogP) is 5.26. The number of anilines is 1. The zero-order chi connectivity index (χ0) is 23.4. The third-order valence-corrected chi connectivity index (χ3v) is 7.97. The molecule has 1 aliphatic heterocycles. The fraction of sp³-hybridized carbons (Fsp3) is 0.480. The Labute approximate surface area is 203 Å². The number of amides is 3. The molecule has 0 radical (unpaired) electrons. The van der Waals surface area contributed by atoms with E-state index in [1.165, 1.54) is 30.6 Å². The Morgan fingerprint density at radius 2 is 1.82 bits per heavy atom. The highest BCUT2D eigenvalue weighted by atomic mass is 35.5. The minimum absolute atomic E-state index is 0.0779. The largest absolute Gasteiger partial charge is 0.353 e. The highest BCUT2D eigenvalue weighted by Gasteiger charge is 2.31. The molecule has 4 rings (SSSR count). The SMILES string of the molecule is Cc1cc(NC(=O)c2ccccc2Cl)sc1C(=O)N1CCCC(C(=O)NC2CCCCC2)C1. The molecule has 1 saturated heterocycles. The molecule has 1 saturated carbocycles. The van der Waals surface area contributed by atoms with Crippen LogP contribution in [0.5, 0.6) is 0 Å². The minimum Gasteiger partial charge on any atom is -0.353 e. The molecule has 2 N–H and O–H groups in total. The smallest absolute Gasteiger partial charge is 0.264 e. The van der Waals surface area contributed by atoms with Crippen molar-refractivity contribution in [1.29, 1.82) is 0 Å². The number of hydrogen-bond donors (Lipinski definition) is 2. The van der Waals surface area contributed by atoms with Crippen LogP contribution < -0.4 is 10.6 Å². The van der Waals surface area contributed by atoms with Crippen molar-refractivity contribution in [2.75, 3.05) is 18.4 Å². The zero-order valence-electron chi connectivity index (χ0n) is 18.9. The molecule has 1 aliphatic carbocycles. The molecule has 2 aliphatic rings. The molecule has 2 heterocycles. The normalized spacial score (nSPS) is 19.2. The summed E-state index contributed by atoms with van der Waals surface area (Å²) in [4.78, 5) is 41.1. The standard InChI is InChI=1S/C25H30ClN3O3S/c1-16-14-21(28-24(31)19-11-5-6-12-20(19)26)33-22(16)25(32)29-13-7-8-17(15-29)23(30)27-18-9-3-2-4-10-18/h5-6,11-12,14,17-18H,2-4,7-10,13,15H2,1H3,(H,27,30)(H,28,31). The number of rotatable bonds is 5. The summed E-state index contributed by atoms with van der Waals surface area (Å²) >= 11 is 7.38. The van der Waals surface area contributed by atoms with Crippen LogP contribution in [-0.4, -0.2) is 41.8 Å². The summed E-state index contributed by atoms with van der Waals surface area (Å²) in [6, 6.07) is 8.95. The van der Waals surface area contributed by atoms with Gasteiger partial charge < -0.3 is 15.5 Å². The number of nitrogens with zero attached hydrogens (tertiary/aromatic N) is 1. The van der Waals surface area contributed by atoms with Crippen molar-refractivity contribution < 1.29 is 14.4 Å². The van der Waals surface area contributed by atoms with Crippen LogP contribution in [0.25, 0.3) is 0 Å². The highest BCUT2D eigenvalue weighted by Crippen LogP contribution is 2.30. The van der Waals surface area contributed by atoms with Gasteiger partial charge in [0, 0.05) is 19.1 Å². The number of carbonyl (C=O) groups is 3. The third kappa shape index (κ3) is 5.76. The fourth-order valence-corrected chi connectivity index (χ4v) is 5.92. The molecule has 1 atom stereocenters. The Kier molecular flexibility index (Phi) is 7.71. The zero-order valence-corrected chi connectivity index (χ0v) is 20.4. The molecule has 6 nitrogen and oxygen atoms in total. The molecule has 1 aromatic heterocycles. The second-order valence-corrected chi connectivity index (χ2v) is 10.4. The van der Waals surface area contributed by atoms with Gasteiger partial charge in [-0.15, -0.1) is 11.3 Å². The van der Waals surface area contributed by atoms with Crippen molar-refractivity contribution in [2.45, 2.75) is 57.9 Å². The Morgan fingerprint density at radius 3 is 2.58 bits per heavy atom. The first-order valence-corrected chi connectivity index (χ1v) is 12.9. The molecule has 8 heteroatoms. The van der Waals surface area contributed by atoms with Crippen LogP contribution in [0, 0.1) is 12.8 Å². The lowest BCUT2D eigenvalue weighted by Gasteiger charge is -2.33. The van der Waals surface area contributed by atoms with Crippen molar-refractivity contribution in [3.05, 3.63) is 51.4 Å². The van der Waals surface area contributed by atoms with E-state index in [1.807, 2.05) is 13.0 Å². The second-order valence-electron chi connectivity index (χ2n) is 8.99. The first-order chi connectivity index (χ1) is 15.9. The van der Waals surface area contributed by atoms with Gasteiger partial charge in [0.25, 0.3) is 11.8 Å². The molecule has 2 aromatic rings. The lowest BCUT2D eigenvalue weighted by molar-refractivity contribution is -0.127. The number of carbonyl (C=O) groups excluding carboxylic acids is 3. The molecule has 33 heavy (non-hydrogen) atoms. The number of thiophene rings is 1. The molecule has 2 fully saturated rings. The van der Waals surface area contributed by atoms with E-state index in [0.717, 1.165) is 31.2 Å². The van der Waals surface area contributed by atoms with Gasteiger partial charge in [-0.3, -0.25) is 14.4 Å². The van der Waals surface area contributed by atoms with E-state index in [4.69, 9.17) is 11.6 Å². The van der Waals surface area contributed by atoms with Gasteiger partial charge in [0.15, 0.2) is 0 Å². The second kappa shape index (κ2) is 10.7. The number of nitrogens with one attached hydrogen (secondary N) is 2. The summed E-state index contributed by atoms with van der Waals surface area (Å²) in [5.74, 6) is -0.469. The monoisotopic (exact) mass is 487 g/mol. The van der Waals surface area contributed by atoms with Crippen molar-refractivity contribution >= 4 is 45.7 Å². The number of piperidine rings is 1. The van der Waals surface area contributed by atoms with Gasteiger partial charge in [-0.05, 0) is 56.4 Å². The maximum atomic E-state index is 13.3. The Balaban J connectivity index is 1.39. The Hall–Kier alpha value is -2.38. The third-order valence-electron chi connectivity index (χ3n) is 6.50. The summed E-state index contributed by atoms with van der Waals surface area (Å²) < 4.78 is 0. The van der Waals surface area contributed by atoms with Crippen LogP contribution in [0.4, 0.5) is 5.00 Å². The van der Waals surface area contributed by atoms with Crippen LogP contribution in [0.15, 0.2) is 30.3 Å². The molecule has 1 aromatic carbocycles. The van der Waals surface area contributed by atoms with E-state index >= 15 is 0 Å². The van der Waals surface area contributed by atoms with Crippen LogP contribution in [0.1, 0.15) is 70.5 Å². The van der Waals surface area contributed by atoms with Crippen molar-refractivity contribution in [2.24, 2.45) is 5.92 Å². The van der Waals surface area contributed by atoms with Gasteiger partial charge in [-0.25, -0.2) is 0 Å². The molecule has 3 amide bonds. The van der Waals surface area contributed by atoms with E-state index in [2.05, 4.69) is 10.6 Å². The maximum Gasteiger partial charge on any atom is 0.264 e. The molecule has 1 unspecified atom stereocenters. The molecule has 176 valence electrons. The topological polar surface area (TPSA) is 78.5 Å². The van der Waals surface area contributed by atoms with E-state index < -0.39 is 0 Å². The van der Waals surface area contributed by atoms with Crippen LogP contribution in [0.3, 0.4) is 0 Å². The first-order valence-electron chi connectivity index (χ1n) is 11.7. The van der Waals surface area contributed by atoms with Gasteiger partial charge in [-0.1, -0.05) is 43.0 Å². The number of likely N-dealkylation sites (tertiary alicyclic amines) is 1. The van der Waals surface area contributed by atoms with Gasteiger partial charge in [-0.2, -0.15) is 0 Å². The van der Waals surface area contributed by atoms with Crippen molar-refractivity contribution in [3.8, 4) is 0 Å². The van der Waals surface area contributed by atoms with E-state index in [-0.39, 0.29) is 29.7 Å². The lowest BCUT2D eigenvalue weighted by atomic mass is 9.93. The van der Waals surface area contributed by atoms with Crippen molar-refractivity contribution in [1.82, 2.24) is 10.2 Å².